The highest BCUT2D eigenvalue weighted by molar-refractivity contribution is 6.00. The van der Waals surface area contributed by atoms with Crippen LogP contribution in [0.25, 0.3) is 6.08 Å². The summed E-state index contributed by atoms with van der Waals surface area (Å²) in [5, 5.41) is 0. The first-order valence-corrected chi connectivity index (χ1v) is 9.72. The fraction of sp³-hybridized carbons (Fsp3) is 0.304. The van der Waals surface area contributed by atoms with E-state index in [2.05, 4.69) is 0 Å². The molecule has 6 heteroatoms. The zero-order chi connectivity index (χ0) is 20.4. The highest BCUT2D eigenvalue weighted by atomic mass is 16.6. The number of para-hydroxylation sites is 1. The van der Waals surface area contributed by atoms with Crippen LogP contribution in [0, 0.1) is 0 Å². The Labute approximate surface area is 169 Å². The van der Waals surface area contributed by atoms with Crippen molar-refractivity contribution in [2.75, 3.05) is 18.1 Å². The van der Waals surface area contributed by atoms with Crippen LogP contribution in [-0.2, 0) is 20.7 Å². The fourth-order valence-electron chi connectivity index (χ4n) is 3.69. The molecule has 0 N–H and O–H groups in total. The summed E-state index contributed by atoms with van der Waals surface area (Å²) in [5.74, 6) is 0.552. The second-order valence-electron chi connectivity index (χ2n) is 7.21. The van der Waals surface area contributed by atoms with Gasteiger partial charge in [-0.25, -0.2) is 4.79 Å². The van der Waals surface area contributed by atoms with Crippen LogP contribution in [0.5, 0.6) is 11.5 Å². The van der Waals surface area contributed by atoms with Gasteiger partial charge < -0.3 is 19.1 Å². The monoisotopic (exact) mass is 393 g/mol. The Morgan fingerprint density at radius 2 is 1.90 bits per heavy atom. The third kappa shape index (κ3) is 3.97. The summed E-state index contributed by atoms with van der Waals surface area (Å²) < 4.78 is 16.4. The summed E-state index contributed by atoms with van der Waals surface area (Å²) in [6, 6.07) is 13.3. The number of hydrogen-bond donors (Lipinski definition) is 0. The van der Waals surface area contributed by atoms with Crippen LogP contribution in [0.4, 0.5) is 5.69 Å². The minimum Gasteiger partial charge on any atom is -0.486 e. The predicted molar refractivity (Wildman–Crippen MR) is 109 cm³/mol. The topological polar surface area (TPSA) is 65.1 Å². The van der Waals surface area contributed by atoms with E-state index >= 15 is 0 Å². The highest BCUT2D eigenvalue weighted by Crippen LogP contribution is 2.33. The number of fused-ring (bicyclic) bond motifs is 2. The first-order chi connectivity index (χ1) is 14.0. The molecule has 0 saturated carbocycles. The largest absolute Gasteiger partial charge is 0.486 e. The zero-order valence-electron chi connectivity index (χ0n) is 16.5. The van der Waals surface area contributed by atoms with Crippen LogP contribution < -0.4 is 14.4 Å². The third-order valence-electron chi connectivity index (χ3n) is 5.06. The Kier molecular flexibility index (Phi) is 5.25. The van der Waals surface area contributed by atoms with Crippen molar-refractivity contribution in [1.82, 2.24) is 0 Å². The lowest BCUT2D eigenvalue weighted by molar-refractivity contribution is -0.149. The van der Waals surface area contributed by atoms with E-state index in [1.807, 2.05) is 37.3 Å². The van der Waals surface area contributed by atoms with Crippen molar-refractivity contribution in [3.05, 3.63) is 59.7 Å². The van der Waals surface area contributed by atoms with Crippen LogP contribution in [0.15, 0.2) is 48.5 Å². The Morgan fingerprint density at radius 1 is 1.14 bits per heavy atom. The standard InChI is InChI=1S/C23H23NO5/c1-15-13-18-5-3-4-6-19(18)24(15)23(26)16(2)29-22(25)10-8-17-7-9-20-21(14-17)28-12-11-27-20/h3-10,14-16H,11-13H2,1-2H3/b10-8+/t15-,16-/m1/s1. The zero-order valence-corrected chi connectivity index (χ0v) is 16.5. The number of hydrogen-bond acceptors (Lipinski definition) is 5. The van der Waals surface area contributed by atoms with Crippen molar-refractivity contribution < 1.29 is 23.8 Å². The lowest BCUT2D eigenvalue weighted by Gasteiger charge is -2.25. The summed E-state index contributed by atoms with van der Waals surface area (Å²) in [7, 11) is 0. The van der Waals surface area contributed by atoms with Gasteiger partial charge in [-0.2, -0.15) is 0 Å². The van der Waals surface area contributed by atoms with Crippen molar-refractivity contribution in [2.45, 2.75) is 32.4 Å². The summed E-state index contributed by atoms with van der Waals surface area (Å²) >= 11 is 0. The fourth-order valence-corrected chi connectivity index (χ4v) is 3.69. The Hall–Kier alpha value is -3.28. The number of rotatable bonds is 4. The van der Waals surface area contributed by atoms with Crippen molar-refractivity contribution >= 4 is 23.6 Å². The van der Waals surface area contributed by atoms with E-state index in [1.165, 1.54) is 6.08 Å². The number of ether oxygens (including phenoxy) is 3. The molecule has 2 aromatic carbocycles. The Morgan fingerprint density at radius 3 is 2.72 bits per heavy atom. The van der Waals surface area contributed by atoms with E-state index in [-0.39, 0.29) is 11.9 Å². The van der Waals surface area contributed by atoms with E-state index in [0.29, 0.717) is 24.7 Å². The molecule has 0 unspecified atom stereocenters. The van der Waals surface area contributed by atoms with Gasteiger partial charge in [-0.3, -0.25) is 4.79 Å². The van der Waals surface area contributed by atoms with Crippen molar-refractivity contribution in [3.8, 4) is 11.5 Å². The molecule has 6 nitrogen and oxygen atoms in total. The molecule has 2 aliphatic rings. The third-order valence-corrected chi connectivity index (χ3v) is 5.06. The molecule has 0 bridgehead atoms. The average molecular weight is 393 g/mol. The van der Waals surface area contributed by atoms with E-state index in [4.69, 9.17) is 14.2 Å². The van der Waals surface area contributed by atoms with Crippen LogP contribution in [0.1, 0.15) is 25.0 Å². The molecule has 0 aliphatic carbocycles. The number of carbonyl (C=O) groups excluding carboxylic acids is 2. The second-order valence-corrected chi connectivity index (χ2v) is 7.21. The average Bonchev–Trinajstić information content (AvgIpc) is 3.07. The molecule has 1 amide bonds. The van der Waals surface area contributed by atoms with Gasteiger partial charge in [0.2, 0.25) is 0 Å². The quantitative estimate of drug-likeness (QED) is 0.589. The van der Waals surface area contributed by atoms with Crippen molar-refractivity contribution in [2.24, 2.45) is 0 Å². The van der Waals surface area contributed by atoms with Crippen LogP contribution >= 0.6 is 0 Å². The maximum Gasteiger partial charge on any atom is 0.331 e. The number of nitrogens with zero attached hydrogens (tertiary/aromatic N) is 1. The molecule has 2 heterocycles. The number of amides is 1. The van der Waals surface area contributed by atoms with Crippen LogP contribution in [-0.4, -0.2) is 37.2 Å². The number of esters is 1. The molecule has 2 aromatic rings. The van der Waals surface area contributed by atoms with Gasteiger partial charge in [0.15, 0.2) is 17.6 Å². The molecule has 0 fully saturated rings. The lowest BCUT2D eigenvalue weighted by atomic mass is 10.1. The molecule has 150 valence electrons. The minimum absolute atomic E-state index is 0.0364. The molecule has 2 atom stereocenters. The molecule has 4 rings (SSSR count). The van der Waals surface area contributed by atoms with Gasteiger partial charge in [0.05, 0.1) is 0 Å². The predicted octanol–water partition coefficient (Wildman–Crippen LogP) is 3.38. The maximum atomic E-state index is 12.9. The maximum absolute atomic E-state index is 12.9. The van der Waals surface area contributed by atoms with E-state index in [9.17, 15) is 9.59 Å². The van der Waals surface area contributed by atoms with Gasteiger partial charge >= 0.3 is 5.97 Å². The molecule has 29 heavy (non-hydrogen) atoms. The summed E-state index contributed by atoms with van der Waals surface area (Å²) in [5.41, 5.74) is 2.80. The molecular weight excluding hydrogens is 370 g/mol. The molecule has 0 radical (unpaired) electrons. The second kappa shape index (κ2) is 7.99. The number of benzene rings is 2. The van der Waals surface area contributed by atoms with Crippen LogP contribution in [0.2, 0.25) is 0 Å². The summed E-state index contributed by atoms with van der Waals surface area (Å²) in [4.78, 5) is 26.8. The highest BCUT2D eigenvalue weighted by Gasteiger charge is 2.34. The van der Waals surface area contributed by atoms with Crippen LogP contribution in [0.3, 0.4) is 0 Å². The normalized spacial score (nSPS) is 18.4. The first kappa shape index (κ1) is 19.1. The van der Waals surface area contributed by atoms with Gasteiger partial charge in [-0.15, -0.1) is 0 Å². The Bertz CT molecular complexity index is 967. The minimum atomic E-state index is -0.874. The van der Waals surface area contributed by atoms with Gasteiger partial charge in [-0.1, -0.05) is 24.3 Å². The van der Waals surface area contributed by atoms with Gasteiger partial charge in [0.25, 0.3) is 5.91 Å². The smallest absolute Gasteiger partial charge is 0.331 e. The molecule has 2 aliphatic heterocycles. The van der Waals surface area contributed by atoms with Crippen molar-refractivity contribution in [3.63, 3.8) is 0 Å². The number of anilines is 1. The van der Waals surface area contributed by atoms with E-state index in [0.717, 1.165) is 23.2 Å². The van der Waals surface area contributed by atoms with E-state index in [1.54, 1.807) is 30.0 Å². The molecule has 0 spiro atoms. The van der Waals surface area contributed by atoms with Gasteiger partial charge in [-0.05, 0) is 55.7 Å². The Balaban J connectivity index is 1.39. The van der Waals surface area contributed by atoms with Crippen molar-refractivity contribution in [1.29, 1.82) is 0 Å². The molecular formula is C23H23NO5. The first-order valence-electron chi connectivity index (χ1n) is 9.72. The molecule has 0 aromatic heterocycles. The van der Waals surface area contributed by atoms with E-state index < -0.39 is 12.1 Å². The SMILES string of the molecule is C[C@@H]1Cc2ccccc2N1C(=O)[C@@H](C)OC(=O)/C=C/c1ccc2c(c1)OCCO2. The molecule has 0 saturated heterocycles. The summed E-state index contributed by atoms with van der Waals surface area (Å²) in [6.45, 7) is 4.63. The van der Waals surface area contributed by atoms with Gasteiger partial charge in [0.1, 0.15) is 13.2 Å². The lowest BCUT2D eigenvalue weighted by Crippen LogP contribution is -2.43. The number of carbonyl (C=O) groups is 2. The van der Waals surface area contributed by atoms with Gasteiger partial charge in [0, 0.05) is 17.8 Å². The summed E-state index contributed by atoms with van der Waals surface area (Å²) in [6.07, 6.45) is 2.87.